The molecule has 2 aliphatic rings. The molecule has 5 rings (SSSR count). The number of aromatic amines is 1. The summed E-state index contributed by atoms with van der Waals surface area (Å²) < 4.78 is 13.2. The summed E-state index contributed by atoms with van der Waals surface area (Å²) in [6.45, 7) is 0. The summed E-state index contributed by atoms with van der Waals surface area (Å²) in [7, 11) is 0. The van der Waals surface area contributed by atoms with Gasteiger partial charge in [-0.05, 0) is 55.4 Å². The number of benzene rings is 2. The molecule has 3 aromatic rings. The molecule has 2 atom stereocenters. The van der Waals surface area contributed by atoms with Crippen molar-refractivity contribution in [2.24, 2.45) is 0 Å². The lowest BCUT2D eigenvalue weighted by molar-refractivity contribution is 0.0566. The van der Waals surface area contributed by atoms with Crippen LogP contribution in [0.2, 0.25) is 0 Å². The van der Waals surface area contributed by atoms with Crippen molar-refractivity contribution in [2.75, 3.05) is 0 Å². The molecule has 0 aliphatic carbocycles. The molecule has 2 aliphatic heterocycles. The molecule has 0 saturated carbocycles. The average molecular weight is 377 g/mol. The van der Waals surface area contributed by atoms with Gasteiger partial charge in [-0.25, -0.2) is 9.49 Å². The number of rotatable bonds is 2. The van der Waals surface area contributed by atoms with Crippen LogP contribution < -0.4 is 5.56 Å². The molecule has 28 heavy (non-hydrogen) atoms. The highest BCUT2D eigenvalue weighted by atomic mass is 19.1. The molecule has 0 spiro atoms. The van der Waals surface area contributed by atoms with Crippen molar-refractivity contribution in [1.82, 2.24) is 15.1 Å². The minimum Gasteiger partial charge on any atom is -0.331 e. The molecule has 1 aromatic heterocycles. The molecule has 0 unspecified atom stereocenters. The Balaban J connectivity index is 1.46. The van der Waals surface area contributed by atoms with E-state index < -0.39 is 0 Å². The van der Waals surface area contributed by atoms with Crippen molar-refractivity contribution in [3.8, 4) is 0 Å². The Bertz CT molecular complexity index is 1090. The summed E-state index contributed by atoms with van der Waals surface area (Å²) in [5.41, 5.74) is 1.16. The van der Waals surface area contributed by atoms with E-state index in [0.29, 0.717) is 22.4 Å². The van der Waals surface area contributed by atoms with Gasteiger partial charge in [-0.2, -0.15) is 5.10 Å². The topological polar surface area (TPSA) is 66.1 Å². The van der Waals surface area contributed by atoms with E-state index in [0.717, 1.165) is 31.2 Å². The third-order valence-electron chi connectivity index (χ3n) is 6.21. The Labute approximate surface area is 161 Å². The van der Waals surface area contributed by atoms with Crippen molar-refractivity contribution >= 4 is 16.7 Å². The summed E-state index contributed by atoms with van der Waals surface area (Å²) in [6.07, 6.45) is 3.68. The summed E-state index contributed by atoms with van der Waals surface area (Å²) in [5, 5.41) is 7.63. The number of aromatic nitrogens is 2. The number of carbonyl (C=O) groups excluding carboxylic acids is 1. The lowest BCUT2D eigenvalue weighted by Gasteiger charge is -2.39. The van der Waals surface area contributed by atoms with Gasteiger partial charge < -0.3 is 4.90 Å². The number of halogens is 1. The fraction of sp³-hybridized carbons (Fsp3) is 0.318. The maximum atomic E-state index is 13.4. The van der Waals surface area contributed by atoms with Gasteiger partial charge in [0.2, 0.25) is 0 Å². The minimum absolute atomic E-state index is 0.113. The Kier molecular flexibility index (Phi) is 4.00. The fourth-order valence-corrected chi connectivity index (χ4v) is 4.92. The molecule has 2 saturated heterocycles. The van der Waals surface area contributed by atoms with E-state index in [1.54, 1.807) is 18.2 Å². The number of nitrogens with one attached hydrogen (secondary N) is 1. The van der Waals surface area contributed by atoms with Gasteiger partial charge in [0.15, 0.2) is 5.69 Å². The lowest BCUT2D eigenvalue weighted by Crippen LogP contribution is -2.46. The first kappa shape index (κ1) is 17.1. The summed E-state index contributed by atoms with van der Waals surface area (Å²) >= 11 is 0. The quantitative estimate of drug-likeness (QED) is 0.742. The second-order valence-corrected chi connectivity index (χ2v) is 7.76. The number of H-pyrrole nitrogens is 1. The molecule has 5 nitrogen and oxygen atoms in total. The SMILES string of the molecule is O=C(c1n[nH]c(=O)c2ccccc12)N1[C@@H]2CC[C@@H]1CC(c1ccc(F)cc1)C2. The highest BCUT2D eigenvalue weighted by molar-refractivity contribution is 6.05. The monoisotopic (exact) mass is 377 g/mol. The fourth-order valence-electron chi connectivity index (χ4n) is 4.92. The highest BCUT2D eigenvalue weighted by Crippen LogP contribution is 2.43. The van der Waals surface area contributed by atoms with Crippen LogP contribution in [0.4, 0.5) is 4.39 Å². The van der Waals surface area contributed by atoms with E-state index in [1.807, 2.05) is 23.1 Å². The molecule has 2 fully saturated rings. The number of carbonyl (C=O) groups is 1. The summed E-state index contributed by atoms with van der Waals surface area (Å²) in [5.74, 6) is -0.00435. The van der Waals surface area contributed by atoms with Crippen LogP contribution >= 0.6 is 0 Å². The van der Waals surface area contributed by atoms with Crippen LogP contribution in [0.1, 0.15) is 47.7 Å². The average Bonchev–Trinajstić information content (AvgIpc) is 2.98. The smallest absolute Gasteiger partial charge is 0.275 e. The standard InChI is InChI=1S/C22H20FN3O2/c23-15-7-5-13(6-8-15)14-11-16-9-10-17(12-14)26(16)22(28)20-18-3-1-2-4-19(18)21(27)25-24-20/h1-8,14,16-17H,9-12H2,(H,25,27)/t16-,17-/m1/s1. The molecule has 1 amide bonds. The van der Waals surface area contributed by atoms with Gasteiger partial charge >= 0.3 is 0 Å². The summed E-state index contributed by atoms with van der Waals surface area (Å²) in [6, 6.07) is 14.1. The zero-order valence-electron chi connectivity index (χ0n) is 15.3. The maximum absolute atomic E-state index is 13.4. The Hall–Kier alpha value is -3.02. The molecule has 1 N–H and O–H groups in total. The van der Waals surface area contributed by atoms with Gasteiger partial charge in [0.1, 0.15) is 5.82 Å². The maximum Gasteiger partial charge on any atom is 0.275 e. The van der Waals surface area contributed by atoms with E-state index in [1.165, 1.54) is 12.1 Å². The normalized spacial score (nSPS) is 23.9. The minimum atomic E-state index is -0.287. The molecule has 142 valence electrons. The van der Waals surface area contributed by atoms with Crippen molar-refractivity contribution in [2.45, 2.75) is 43.7 Å². The molecular formula is C22H20FN3O2. The van der Waals surface area contributed by atoms with Crippen molar-refractivity contribution in [3.63, 3.8) is 0 Å². The number of hydrogen-bond acceptors (Lipinski definition) is 3. The first-order chi connectivity index (χ1) is 13.6. The van der Waals surface area contributed by atoms with Gasteiger partial charge in [0, 0.05) is 17.5 Å². The zero-order chi connectivity index (χ0) is 19.3. The Morgan fingerprint density at radius 3 is 2.32 bits per heavy atom. The zero-order valence-corrected chi connectivity index (χ0v) is 15.3. The second-order valence-electron chi connectivity index (χ2n) is 7.76. The predicted molar refractivity (Wildman–Crippen MR) is 104 cm³/mol. The first-order valence-corrected chi connectivity index (χ1v) is 9.67. The van der Waals surface area contributed by atoms with Gasteiger partial charge in [0.05, 0.1) is 5.39 Å². The number of nitrogens with zero attached hydrogens (tertiary/aromatic N) is 2. The highest BCUT2D eigenvalue weighted by Gasteiger charge is 2.44. The van der Waals surface area contributed by atoms with Crippen LogP contribution in [0.25, 0.3) is 10.8 Å². The number of hydrogen-bond donors (Lipinski definition) is 1. The van der Waals surface area contributed by atoms with Crippen LogP contribution in [0.15, 0.2) is 53.3 Å². The first-order valence-electron chi connectivity index (χ1n) is 9.67. The van der Waals surface area contributed by atoms with Crippen LogP contribution in [0, 0.1) is 5.82 Å². The largest absolute Gasteiger partial charge is 0.331 e. The third-order valence-corrected chi connectivity index (χ3v) is 6.21. The molecular weight excluding hydrogens is 357 g/mol. The number of piperidine rings is 1. The molecule has 2 bridgehead atoms. The van der Waals surface area contributed by atoms with Crippen molar-refractivity contribution in [3.05, 3.63) is 76.0 Å². The van der Waals surface area contributed by atoms with E-state index in [9.17, 15) is 14.0 Å². The molecule has 2 aromatic carbocycles. The van der Waals surface area contributed by atoms with Crippen LogP contribution in [0.5, 0.6) is 0 Å². The number of fused-ring (bicyclic) bond motifs is 3. The Morgan fingerprint density at radius 1 is 1.00 bits per heavy atom. The molecule has 6 heteroatoms. The van der Waals surface area contributed by atoms with Gasteiger partial charge in [0.25, 0.3) is 11.5 Å². The van der Waals surface area contributed by atoms with E-state index in [2.05, 4.69) is 10.2 Å². The van der Waals surface area contributed by atoms with Crippen molar-refractivity contribution < 1.29 is 9.18 Å². The predicted octanol–water partition coefficient (Wildman–Crippen LogP) is 3.61. The third kappa shape index (κ3) is 2.71. The van der Waals surface area contributed by atoms with Gasteiger partial charge in [-0.3, -0.25) is 9.59 Å². The summed E-state index contributed by atoms with van der Waals surface area (Å²) in [4.78, 5) is 27.4. The second kappa shape index (κ2) is 6.55. The Morgan fingerprint density at radius 2 is 1.64 bits per heavy atom. The van der Waals surface area contributed by atoms with E-state index in [-0.39, 0.29) is 29.4 Å². The van der Waals surface area contributed by atoms with Gasteiger partial charge in [-0.1, -0.05) is 30.3 Å². The lowest BCUT2D eigenvalue weighted by atomic mass is 9.85. The molecule has 3 heterocycles. The van der Waals surface area contributed by atoms with Gasteiger partial charge in [-0.15, -0.1) is 0 Å². The molecule has 0 radical (unpaired) electrons. The number of amides is 1. The van der Waals surface area contributed by atoms with E-state index >= 15 is 0 Å². The van der Waals surface area contributed by atoms with Crippen LogP contribution in [-0.2, 0) is 0 Å². The van der Waals surface area contributed by atoms with Crippen LogP contribution in [-0.4, -0.2) is 33.1 Å². The van der Waals surface area contributed by atoms with Crippen molar-refractivity contribution in [1.29, 1.82) is 0 Å². The van der Waals surface area contributed by atoms with E-state index in [4.69, 9.17) is 0 Å². The van der Waals surface area contributed by atoms with Crippen LogP contribution in [0.3, 0.4) is 0 Å².